The summed E-state index contributed by atoms with van der Waals surface area (Å²) in [5.74, 6) is -0.136. The SMILES string of the molecule is Cc1ccc(C2NC(C)C(=O)N2CCCC(F)(F)F)s1. The topological polar surface area (TPSA) is 32.3 Å². The third kappa shape index (κ3) is 3.52. The molecule has 0 radical (unpaired) electrons. The average molecular weight is 306 g/mol. The van der Waals surface area contributed by atoms with Gasteiger partial charge in [-0.15, -0.1) is 11.3 Å². The average Bonchev–Trinajstić information content (AvgIpc) is 2.86. The first kappa shape index (κ1) is 15.3. The number of halogens is 3. The second-order valence-electron chi connectivity index (χ2n) is 4.99. The van der Waals surface area contributed by atoms with Crippen LogP contribution in [0.2, 0.25) is 0 Å². The predicted octanol–water partition coefficient (Wildman–Crippen LogP) is 3.22. The summed E-state index contributed by atoms with van der Waals surface area (Å²) in [6, 6.07) is 3.51. The number of carbonyl (C=O) groups excluding carboxylic acids is 1. The molecule has 112 valence electrons. The summed E-state index contributed by atoms with van der Waals surface area (Å²) < 4.78 is 36.6. The summed E-state index contributed by atoms with van der Waals surface area (Å²) in [5.41, 5.74) is 0. The Morgan fingerprint density at radius 3 is 2.65 bits per heavy atom. The Morgan fingerprint density at radius 2 is 2.10 bits per heavy atom. The number of hydrogen-bond acceptors (Lipinski definition) is 3. The number of nitrogens with one attached hydrogen (secondary N) is 1. The molecule has 2 rings (SSSR count). The minimum Gasteiger partial charge on any atom is -0.321 e. The third-order valence-electron chi connectivity index (χ3n) is 3.26. The lowest BCUT2D eigenvalue weighted by molar-refractivity contribution is -0.140. The van der Waals surface area contributed by atoms with E-state index in [-0.39, 0.29) is 31.1 Å². The number of thiophene rings is 1. The van der Waals surface area contributed by atoms with Crippen LogP contribution in [0.15, 0.2) is 12.1 Å². The van der Waals surface area contributed by atoms with Gasteiger partial charge in [-0.05, 0) is 32.4 Å². The lowest BCUT2D eigenvalue weighted by atomic mass is 10.2. The van der Waals surface area contributed by atoms with Crippen LogP contribution in [-0.2, 0) is 4.79 Å². The van der Waals surface area contributed by atoms with Crippen molar-refractivity contribution in [2.24, 2.45) is 0 Å². The molecule has 0 aromatic carbocycles. The molecule has 1 aromatic rings. The number of rotatable bonds is 4. The molecule has 1 aromatic heterocycles. The van der Waals surface area contributed by atoms with Gasteiger partial charge >= 0.3 is 6.18 Å². The molecule has 1 aliphatic heterocycles. The smallest absolute Gasteiger partial charge is 0.321 e. The molecule has 1 amide bonds. The zero-order chi connectivity index (χ0) is 14.9. The monoisotopic (exact) mass is 306 g/mol. The Kier molecular flexibility index (Phi) is 4.39. The molecule has 1 N–H and O–H groups in total. The van der Waals surface area contributed by atoms with E-state index in [4.69, 9.17) is 0 Å². The molecule has 0 aliphatic carbocycles. The van der Waals surface area contributed by atoms with E-state index in [9.17, 15) is 18.0 Å². The van der Waals surface area contributed by atoms with Crippen molar-refractivity contribution in [2.45, 2.75) is 45.1 Å². The summed E-state index contributed by atoms with van der Waals surface area (Å²) in [6.07, 6.45) is -5.40. The second kappa shape index (κ2) is 5.73. The van der Waals surface area contributed by atoms with E-state index in [1.165, 1.54) is 4.90 Å². The van der Waals surface area contributed by atoms with Gasteiger partial charge in [0.1, 0.15) is 6.17 Å². The van der Waals surface area contributed by atoms with Crippen LogP contribution < -0.4 is 5.32 Å². The highest BCUT2D eigenvalue weighted by Gasteiger charge is 2.38. The number of nitrogens with zero attached hydrogens (tertiary/aromatic N) is 1. The maximum atomic E-state index is 12.2. The van der Waals surface area contributed by atoms with E-state index in [1.54, 1.807) is 18.3 Å². The summed E-state index contributed by atoms with van der Waals surface area (Å²) in [4.78, 5) is 15.6. The van der Waals surface area contributed by atoms with Crippen LogP contribution in [0.25, 0.3) is 0 Å². The number of carbonyl (C=O) groups is 1. The minimum atomic E-state index is -4.17. The highest BCUT2D eigenvalue weighted by molar-refractivity contribution is 7.12. The molecule has 1 fully saturated rings. The predicted molar refractivity (Wildman–Crippen MR) is 71.4 cm³/mol. The van der Waals surface area contributed by atoms with Crippen molar-refractivity contribution >= 4 is 17.2 Å². The van der Waals surface area contributed by atoms with Crippen LogP contribution in [0.5, 0.6) is 0 Å². The summed E-state index contributed by atoms with van der Waals surface area (Å²) in [6.45, 7) is 3.82. The Labute approximate surface area is 119 Å². The van der Waals surface area contributed by atoms with Crippen molar-refractivity contribution in [3.05, 3.63) is 21.9 Å². The molecule has 2 atom stereocenters. The summed E-state index contributed by atoms with van der Waals surface area (Å²) >= 11 is 1.55. The number of alkyl halides is 3. The van der Waals surface area contributed by atoms with Gasteiger partial charge in [0.05, 0.1) is 6.04 Å². The molecular formula is C13H17F3N2OS. The van der Waals surface area contributed by atoms with Crippen molar-refractivity contribution in [3.63, 3.8) is 0 Å². The minimum absolute atomic E-state index is 0.0650. The van der Waals surface area contributed by atoms with Gasteiger partial charge < -0.3 is 4.90 Å². The first-order chi connectivity index (χ1) is 9.28. The summed E-state index contributed by atoms with van der Waals surface area (Å²) in [7, 11) is 0. The molecule has 0 saturated carbocycles. The van der Waals surface area contributed by atoms with E-state index < -0.39 is 12.6 Å². The molecule has 20 heavy (non-hydrogen) atoms. The fourth-order valence-corrected chi connectivity index (χ4v) is 3.25. The fourth-order valence-electron chi connectivity index (χ4n) is 2.30. The van der Waals surface area contributed by atoms with E-state index >= 15 is 0 Å². The number of aryl methyl sites for hydroxylation is 1. The number of hydrogen-bond donors (Lipinski definition) is 1. The lowest BCUT2D eigenvalue weighted by Crippen LogP contribution is -2.31. The van der Waals surface area contributed by atoms with Gasteiger partial charge in [0.15, 0.2) is 0 Å². The van der Waals surface area contributed by atoms with Crippen LogP contribution >= 0.6 is 11.3 Å². The van der Waals surface area contributed by atoms with Crippen LogP contribution in [0.1, 0.15) is 35.7 Å². The second-order valence-corrected chi connectivity index (χ2v) is 6.31. The van der Waals surface area contributed by atoms with Crippen LogP contribution in [-0.4, -0.2) is 29.6 Å². The molecule has 7 heteroatoms. The van der Waals surface area contributed by atoms with Crippen molar-refractivity contribution in [1.29, 1.82) is 0 Å². The standard InChI is InChI=1S/C13H17F3N2OS/c1-8-4-5-10(20-8)11-17-9(2)12(19)18(11)7-3-6-13(14,15)16/h4-5,9,11,17H,3,6-7H2,1-2H3. The highest BCUT2D eigenvalue weighted by Crippen LogP contribution is 2.31. The molecular weight excluding hydrogens is 289 g/mol. The third-order valence-corrected chi connectivity index (χ3v) is 4.32. The quantitative estimate of drug-likeness (QED) is 0.926. The molecule has 1 aliphatic rings. The maximum Gasteiger partial charge on any atom is 0.389 e. The van der Waals surface area contributed by atoms with E-state index in [0.29, 0.717) is 0 Å². The Morgan fingerprint density at radius 1 is 1.40 bits per heavy atom. The highest BCUT2D eigenvalue weighted by atomic mass is 32.1. The van der Waals surface area contributed by atoms with Gasteiger partial charge in [0.25, 0.3) is 0 Å². The Bertz CT molecular complexity index is 486. The Hall–Kier alpha value is -1.08. The van der Waals surface area contributed by atoms with Crippen LogP contribution in [0.3, 0.4) is 0 Å². The molecule has 3 nitrogen and oxygen atoms in total. The van der Waals surface area contributed by atoms with Crippen molar-refractivity contribution in [3.8, 4) is 0 Å². The first-order valence-corrected chi connectivity index (χ1v) is 7.29. The molecule has 2 unspecified atom stereocenters. The van der Waals surface area contributed by atoms with E-state index in [1.807, 2.05) is 19.1 Å². The normalized spacial score (nSPS) is 23.6. The van der Waals surface area contributed by atoms with Gasteiger partial charge in [0, 0.05) is 22.7 Å². The zero-order valence-corrected chi connectivity index (χ0v) is 12.1. The van der Waals surface area contributed by atoms with Gasteiger partial charge in [-0.3, -0.25) is 10.1 Å². The molecule has 0 bridgehead atoms. The Balaban J connectivity index is 2.05. The van der Waals surface area contributed by atoms with Gasteiger partial charge in [0.2, 0.25) is 5.91 Å². The summed E-state index contributed by atoms with van der Waals surface area (Å²) in [5, 5.41) is 3.14. The lowest BCUT2D eigenvalue weighted by Gasteiger charge is -2.23. The largest absolute Gasteiger partial charge is 0.389 e. The first-order valence-electron chi connectivity index (χ1n) is 6.47. The zero-order valence-electron chi connectivity index (χ0n) is 11.3. The van der Waals surface area contributed by atoms with Crippen LogP contribution in [0.4, 0.5) is 13.2 Å². The van der Waals surface area contributed by atoms with Crippen LogP contribution in [0, 0.1) is 6.92 Å². The van der Waals surface area contributed by atoms with Crippen molar-refractivity contribution in [2.75, 3.05) is 6.54 Å². The van der Waals surface area contributed by atoms with Crippen molar-refractivity contribution < 1.29 is 18.0 Å². The fraction of sp³-hybridized carbons (Fsp3) is 0.615. The van der Waals surface area contributed by atoms with Crippen molar-refractivity contribution in [1.82, 2.24) is 10.2 Å². The van der Waals surface area contributed by atoms with E-state index in [0.717, 1.165) is 9.75 Å². The van der Waals surface area contributed by atoms with Gasteiger partial charge in [-0.2, -0.15) is 13.2 Å². The molecule has 2 heterocycles. The molecule has 0 spiro atoms. The van der Waals surface area contributed by atoms with Gasteiger partial charge in [-0.1, -0.05) is 0 Å². The van der Waals surface area contributed by atoms with E-state index in [2.05, 4.69) is 5.32 Å². The van der Waals surface area contributed by atoms with Gasteiger partial charge in [-0.25, -0.2) is 0 Å². The maximum absolute atomic E-state index is 12.2. The number of amides is 1. The molecule has 1 saturated heterocycles.